The largest absolute Gasteiger partial charge is 0.324 e. The molecule has 0 saturated carbocycles. The summed E-state index contributed by atoms with van der Waals surface area (Å²) in [5, 5.41) is 3.62. The van der Waals surface area contributed by atoms with Crippen molar-refractivity contribution in [2.45, 2.75) is 38.3 Å². The molecule has 31 heavy (non-hydrogen) atoms. The van der Waals surface area contributed by atoms with Crippen LogP contribution in [0.15, 0.2) is 36.4 Å². The van der Waals surface area contributed by atoms with Crippen molar-refractivity contribution in [3.8, 4) is 0 Å². The third-order valence-corrected chi connectivity index (χ3v) is 8.04. The van der Waals surface area contributed by atoms with E-state index in [9.17, 15) is 14.4 Å². The van der Waals surface area contributed by atoms with Crippen molar-refractivity contribution in [3.63, 3.8) is 0 Å². The van der Waals surface area contributed by atoms with Crippen molar-refractivity contribution in [2.24, 2.45) is 11.8 Å². The molecule has 2 aromatic rings. The minimum Gasteiger partial charge on any atom is -0.324 e. The molecular formula is C24H22ClN3O3. The molecule has 0 unspecified atom stereocenters. The zero-order valence-corrected chi connectivity index (χ0v) is 18.1. The quantitative estimate of drug-likeness (QED) is 0.697. The highest BCUT2D eigenvalue weighted by Gasteiger charge is 2.74. The number of halogens is 1. The Morgan fingerprint density at radius 3 is 2.52 bits per heavy atom. The molecule has 0 radical (unpaired) electrons. The highest BCUT2D eigenvalue weighted by atomic mass is 35.5. The predicted octanol–water partition coefficient (Wildman–Crippen LogP) is 3.39. The van der Waals surface area contributed by atoms with E-state index in [2.05, 4.69) is 10.2 Å². The van der Waals surface area contributed by atoms with Crippen LogP contribution in [0.25, 0.3) is 0 Å². The van der Waals surface area contributed by atoms with Crippen LogP contribution in [0.4, 0.5) is 11.4 Å². The number of carbonyl (C=O) groups excluding carboxylic acids is 3. The highest BCUT2D eigenvalue weighted by Crippen LogP contribution is 2.61. The predicted molar refractivity (Wildman–Crippen MR) is 117 cm³/mol. The number of fused-ring (bicyclic) bond motifs is 7. The Hall–Kier alpha value is -2.70. The first-order valence-corrected chi connectivity index (χ1v) is 11.1. The summed E-state index contributed by atoms with van der Waals surface area (Å²) in [5.41, 5.74) is 3.09. The number of amides is 3. The molecule has 4 atom stereocenters. The van der Waals surface area contributed by atoms with Gasteiger partial charge in [0.25, 0.3) is 0 Å². The molecule has 4 aliphatic rings. The number of benzene rings is 2. The molecular weight excluding hydrogens is 414 g/mol. The number of hydrogen-bond donors (Lipinski definition) is 1. The topological polar surface area (TPSA) is 69.7 Å². The highest BCUT2D eigenvalue weighted by molar-refractivity contribution is 6.31. The van der Waals surface area contributed by atoms with Gasteiger partial charge in [-0.15, -0.1) is 0 Å². The normalized spacial score (nSPS) is 31.4. The van der Waals surface area contributed by atoms with E-state index < -0.39 is 17.4 Å². The summed E-state index contributed by atoms with van der Waals surface area (Å²) in [6, 6.07) is 10.6. The van der Waals surface area contributed by atoms with Crippen LogP contribution in [0.2, 0.25) is 5.02 Å². The number of rotatable bonds is 1. The van der Waals surface area contributed by atoms with Gasteiger partial charge in [0.15, 0.2) is 0 Å². The second-order valence-corrected chi connectivity index (χ2v) is 9.48. The van der Waals surface area contributed by atoms with E-state index in [1.54, 1.807) is 24.3 Å². The zero-order valence-electron chi connectivity index (χ0n) is 17.3. The van der Waals surface area contributed by atoms with Crippen LogP contribution in [-0.2, 0) is 19.9 Å². The van der Waals surface area contributed by atoms with Crippen LogP contribution in [-0.4, -0.2) is 35.2 Å². The summed E-state index contributed by atoms with van der Waals surface area (Å²) in [4.78, 5) is 44.6. The molecule has 4 heterocycles. The van der Waals surface area contributed by atoms with Crippen LogP contribution >= 0.6 is 11.6 Å². The molecule has 6 nitrogen and oxygen atoms in total. The van der Waals surface area contributed by atoms with E-state index in [-0.39, 0.29) is 23.8 Å². The van der Waals surface area contributed by atoms with E-state index in [4.69, 9.17) is 11.6 Å². The van der Waals surface area contributed by atoms with Gasteiger partial charge in [0.2, 0.25) is 17.7 Å². The Kier molecular flexibility index (Phi) is 3.79. The Morgan fingerprint density at radius 2 is 1.77 bits per heavy atom. The lowest BCUT2D eigenvalue weighted by molar-refractivity contribution is -0.135. The van der Waals surface area contributed by atoms with Crippen molar-refractivity contribution < 1.29 is 14.4 Å². The Bertz CT molecular complexity index is 1180. The van der Waals surface area contributed by atoms with Crippen LogP contribution in [0.3, 0.4) is 0 Å². The van der Waals surface area contributed by atoms with Crippen molar-refractivity contribution >= 4 is 40.7 Å². The SMILES string of the molecule is Cc1ccc2c(c1C)NC(=O)[C@]21[C@@H]2C(=O)N(c3ccc(Cl)cc3)C(=O)[C@@H]2[C@@H]2CCCN21. The van der Waals surface area contributed by atoms with Gasteiger partial charge < -0.3 is 5.32 Å². The maximum absolute atomic E-state index is 13.8. The van der Waals surface area contributed by atoms with Gasteiger partial charge in [-0.05, 0) is 68.6 Å². The number of carbonyl (C=O) groups is 3. The first kappa shape index (κ1) is 19.0. The van der Waals surface area contributed by atoms with Gasteiger partial charge in [-0.3, -0.25) is 19.3 Å². The van der Waals surface area contributed by atoms with Gasteiger partial charge in [-0.25, -0.2) is 4.90 Å². The fraction of sp³-hybridized carbons (Fsp3) is 0.375. The van der Waals surface area contributed by atoms with Crippen LogP contribution in [0.1, 0.15) is 29.5 Å². The number of hydrogen-bond acceptors (Lipinski definition) is 4. The Labute approximate surface area is 185 Å². The van der Waals surface area contributed by atoms with Crippen molar-refractivity contribution in [1.82, 2.24) is 4.90 Å². The summed E-state index contributed by atoms with van der Waals surface area (Å²) >= 11 is 6.01. The van der Waals surface area contributed by atoms with E-state index in [1.807, 2.05) is 26.0 Å². The Balaban J connectivity index is 1.56. The fourth-order valence-electron chi connectivity index (χ4n) is 6.36. The van der Waals surface area contributed by atoms with Gasteiger partial charge >= 0.3 is 0 Å². The summed E-state index contributed by atoms with van der Waals surface area (Å²) in [5.74, 6) is -1.95. The standard InChI is InChI=1S/C24H22ClN3O3/c1-12-5-10-16-20(13(12)2)26-23(31)24(16)19-18(17-4-3-11-27(17)24)21(29)28(22(19)30)15-8-6-14(25)7-9-15/h5-10,17-19H,3-4,11H2,1-2H3,(H,26,31)/t17-,18+,19-,24+/m0/s1. The average molecular weight is 436 g/mol. The molecule has 1 N–H and O–H groups in total. The van der Waals surface area contributed by atoms with E-state index in [0.29, 0.717) is 17.3 Å². The number of aryl methyl sites for hydroxylation is 1. The summed E-state index contributed by atoms with van der Waals surface area (Å²) in [6.07, 6.45) is 1.72. The van der Waals surface area contributed by atoms with Crippen LogP contribution in [0.5, 0.6) is 0 Å². The molecule has 0 aromatic heterocycles. The second-order valence-electron chi connectivity index (χ2n) is 9.05. The maximum atomic E-state index is 13.8. The number of anilines is 2. The van der Waals surface area contributed by atoms with Crippen LogP contribution in [0, 0.1) is 25.7 Å². The lowest BCUT2D eigenvalue weighted by Crippen LogP contribution is -2.54. The number of imide groups is 1. The van der Waals surface area contributed by atoms with Crippen molar-refractivity contribution in [2.75, 3.05) is 16.8 Å². The first-order valence-electron chi connectivity index (χ1n) is 10.7. The molecule has 0 bridgehead atoms. The molecule has 0 aliphatic carbocycles. The van der Waals surface area contributed by atoms with Gasteiger partial charge in [0.1, 0.15) is 5.54 Å². The lowest BCUT2D eigenvalue weighted by Gasteiger charge is -2.36. The van der Waals surface area contributed by atoms with Crippen molar-refractivity contribution in [3.05, 3.63) is 58.1 Å². The van der Waals surface area contributed by atoms with Gasteiger partial charge in [-0.2, -0.15) is 0 Å². The Morgan fingerprint density at radius 1 is 1.03 bits per heavy atom. The third kappa shape index (κ3) is 2.14. The summed E-state index contributed by atoms with van der Waals surface area (Å²) in [6.45, 7) is 4.71. The molecule has 2 aromatic carbocycles. The zero-order chi connectivity index (χ0) is 21.7. The third-order valence-electron chi connectivity index (χ3n) is 7.78. The maximum Gasteiger partial charge on any atom is 0.250 e. The summed E-state index contributed by atoms with van der Waals surface area (Å²) in [7, 11) is 0. The molecule has 3 amide bonds. The molecule has 4 aliphatic heterocycles. The first-order chi connectivity index (χ1) is 14.9. The van der Waals surface area contributed by atoms with Crippen LogP contribution < -0.4 is 10.2 Å². The molecule has 6 rings (SSSR count). The summed E-state index contributed by atoms with van der Waals surface area (Å²) < 4.78 is 0. The molecule has 1 spiro atoms. The minimum absolute atomic E-state index is 0.114. The number of nitrogens with one attached hydrogen (secondary N) is 1. The average Bonchev–Trinajstić information content (AvgIpc) is 3.45. The molecule has 3 saturated heterocycles. The van der Waals surface area contributed by atoms with E-state index in [1.165, 1.54) is 4.90 Å². The van der Waals surface area contributed by atoms with Gasteiger partial charge in [0.05, 0.1) is 17.5 Å². The van der Waals surface area contributed by atoms with Gasteiger partial charge in [-0.1, -0.05) is 23.7 Å². The lowest BCUT2D eigenvalue weighted by atomic mass is 9.75. The smallest absolute Gasteiger partial charge is 0.250 e. The van der Waals surface area contributed by atoms with E-state index >= 15 is 0 Å². The monoisotopic (exact) mass is 435 g/mol. The van der Waals surface area contributed by atoms with E-state index in [0.717, 1.165) is 35.2 Å². The molecule has 158 valence electrons. The fourth-order valence-corrected chi connectivity index (χ4v) is 6.49. The molecule has 3 fully saturated rings. The second kappa shape index (κ2) is 6.17. The molecule has 7 heteroatoms. The number of nitrogens with zero attached hydrogens (tertiary/aromatic N) is 2. The van der Waals surface area contributed by atoms with Gasteiger partial charge in [0, 0.05) is 22.3 Å². The minimum atomic E-state index is -1.13. The van der Waals surface area contributed by atoms with Crippen molar-refractivity contribution in [1.29, 1.82) is 0 Å².